The van der Waals surface area contributed by atoms with Crippen molar-refractivity contribution in [3.8, 4) is 0 Å². The lowest BCUT2D eigenvalue weighted by Gasteiger charge is -2.36. The summed E-state index contributed by atoms with van der Waals surface area (Å²) < 4.78 is 0. The first-order valence-corrected chi connectivity index (χ1v) is 11.6. The minimum absolute atomic E-state index is 0.674. The molecule has 0 N–H and O–H groups in total. The third-order valence-electron chi connectivity index (χ3n) is 7.32. The Labute approximate surface area is 165 Å². The van der Waals surface area contributed by atoms with Crippen LogP contribution < -0.4 is 0 Å². The van der Waals surface area contributed by atoms with Crippen LogP contribution in [0.4, 0.5) is 0 Å². The summed E-state index contributed by atoms with van der Waals surface area (Å²) in [6.07, 6.45) is 11.4. The Morgan fingerprint density at radius 2 is 1.19 bits per heavy atom. The van der Waals surface area contributed by atoms with E-state index in [9.17, 15) is 0 Å². The largest absolute Gasteiger partial charge is 0.301 e. The lowest BCUT2D eigenvalue weighted by atomic mass is 9.91. The second kappa shape index (κ2) is 9.92. The smallest absolute Gasteiger partial charge is 0.0126 e. The summed E-state index contributed by atoms with van der Waals surface area (Å²) in [5, 5.41) is 0. The van der Waals surface area contributed by atoms with E-state index in [0.717, 1.165) is 41.8 Å². The molecule has 0 aromatic rings. The molecule has 0 bridgehead atoms. The van der Waals surface area contributed by atoms with E-state index in [1.807, 2.05) is 0 Å². The van der Waals surface area contributed by atoms with Crippen molar-refractivity contribution in [2.24, 2.45) is 23.7 Å². The zero-order chi connectivity index (χ0) is 19.4. The fraction of sp³-hybridized carbons (Fsp3) is 1.00. The van der Waals surface area contributed by atoms with Crippen LogP contribution in [-0.4, -0.2) is 48.1 Å². The molecule has 2 heteroatoms. The number of rotatable bonds is 13. The van der Waals surface area contributed by atoms with Gasteiger partial charge in [0, 0.05) is 24.2 Å². The van der Waals surface area contributed by atoms with E-state index in [2.05, 4.69) is 65.4 Å². The quantitative estimate of drug-likeness (QED) is 0.392. The van der Waals surface area contributed by atoms with Crippen molar-refractivity contribution >= 4 is 0 Å². The average Bonchev–Trinajstić information content (AvgIpc) is 3.46. The summed E-state index contributed by atoms with van der Waals surface area (Å²) in [5.41, 5.74) is 0. The van der Waals surface area contributed by atoms with Gasteiger partial charge in [0.25, 0.3) is 0 Å². The van der Waals surface area contributed by atoms with Crippen molar-refractivity contribution in [1.82, 2.24) is 9.80 Å². The topological polar surface area (TPSA) is 6.48 Å². The van der Waals surface area contributed by atoms with Crippen LogP contribution in [0.1, 0.15) is 92.9 Å². The monoisotopic (exact) mass is 364 g/mol. The van der Waals surface area contributed by atoms with Crippen LogP contribution in [0, 0.1) is 23.7 Å². The first-order chi connectivity index (χ1) is 12.2. The molecule has 2 saturated carbocycles. The maximum atomic E-state index is 2.74. The molecule has 154 valence electrons. The van der Waals surface area contributed by atoms with E-state index >= 15 is 0 Å². The maximum absolute atomic E-state index is 2.74. The Morgan fingerprint density at radius 1 is 0.692 bits per heavy atom. The van der Waals surface area contributed by atoms with Gasteiger partial charge in [-0.15, -0.1) is 0 Å². The Kier molecular flexibility index (Phi) is 8.47. The summed E-state index contributed by atoms with van der Waals surface area (Å²) in [6, 6.07) is 3.04. The Balaban J connectivity index is 1.78. The molecule has 3 unspecified atom stereocenters. The molecule has 0 aliphatic heterocycles. The predicted octanol–water partition coefficient (Wildman–Crippen LogP) is 6.06. The normalized spacial score (nSPS) is 23.1. The molecular formula is C24H48N2. The third-order valence-corrected chi connectivity index (χ3v) is 7.32. The standard InChI is InChI=1S/C24H48N2/c1-17(2)15-23(21-11-12-21)26(8)20(6)10-9-19(5)16-24(22-13-14-22)25(7)18(3)4/h17-24H,9-16H2,1-8H3/t19?,20?,23?,24-/m1/s1. The van der Waals surface area contributed by atoms with Crippen LogP contribution in [0.2, 0.25) is 0 Å². The first-order valence-electron chi connectivity index (χ1n) is 11.6. The molecule has 2 nitrogen and oxygen atoms in total. The van der Waals surface area contributed by atoms with Crippen LogP contribution in [-0.2, 0) is 0 Å². The molecule has 0 spiro atoms. The first kappa shape index (κ1) is 22.2. The molecule has 0 saturated heterocycles. The molecule has 0 amide bonds. The summed E-state index contributed by atoms with van der Waals surface area (Å²) >= 11 is 0. The van der Waals surface area contributed by atoms with Crippen molar-refractivity contribution in [2.45, 2.75) is 117 Å². The van der Waals surface area contributed by atoms with Crippen molar-refractivity contribution in [2.75, 3.05) is 14.1 Å². The minimum Gasteiger partial charge on any atom is -0.301 e. The van der Waals surface area contributed by atoms with Gasteiger partial charge in [-0.1, -0.05) is 20.8 Å². The minimum atomic E-state index is 0.674. The van der Waals surface area contributed by atoms with Gasteiger partial charge in [-0.05, 0) is 110 Å². The van der Waals surface area contributed by atoms with E-state index in [1.165, 1.54) is 51.4 Å². The van der Waals surface area contributed by atoms with Gasteiger partial charge in [-0.3, -0.25) is 0 Å². The molecule has 2 rings (SSSR count). The Bertz CT molecular complexity index is 397. The van der Waals surface area contributed by atoms with Gasteiger partial charge < -0.3 is 9.80 Å². The van der Waals surface area contributed by atoms with Crippen LogP contribution in [0.15, 0.2) is 0 Å². The number of hydrogen-bond acceptors (Lipinski definition) is 2. The summed E-state index contributed by atoms with van der Waals surface area (Å²) in [7, 11) is 4.75. The molecule has 2 fully saturated rings. The van der Waals surface area contributed by atoms with E-state index in [4.69, 9.17) is 0 Å². The highest BCUT2D eigenvalue weighted by Crippen LogP contribution is 2.40. The fourth-order valence-electron chi connectivity index (χ4n) is 4.80. The lowest BCUT2D eigenvalue weighted by Crippen LogP contribution is -2.41. The zero-order valence-electron chi connectivity index (χ0n) is 19.2. The van der Waals surface area contributed by atoms with E-state index in [1.54, 1.807) is 0 Å². The van der Waals surface area contributed by atoms with Gasteiger partial charge in [0.2, 0.25) is 0 Å². The van der Waals surface area contributed by atoms with E-state index in [-0.39, 0.29) is 0 Å². The molecule has 0 radical (unpaired) electrons. The second-order valence-electron chi connectivity index (χ2n) is 10.6. The molecular weight excluding hydrogens is 316 g/mol. The molecule has 0 aromatic carbocycles. The fourth-order valence-corrected chi connectivity index (χ4v) is 4.80. The predicted molar refractivity (Wildman–Crippen MR) is 116 cm³/mol. The van der Waals surface area contributed by atoms with Crippen LogP contribution in [0.25, 0.3) is 0 Å². The van der Waals surface area contributed by atoms with Gasteiger partial charge >= 0.3 is 0 Å². The van der Waals surface area contributed by atoms with Crippen molar-refractivity contribution in [3.63, 3.8) is 0 Å². The number of nitrogens with zero attached hydrogens (tertiary/aromatic N) is 2. The Morgan fingerprint density at radius 3 is 1.62 bits per heavy atom. The number of hydrogen-bond donors (Lipinski definition) is 0. The third kappa shape index (κ3) is 6.82. The van der Waals surface area contributed by atoms with Gasteiger partial charge in [0.15, 0.2) is 0 Å². The molecule has 4 atom stereocenters. The average molecular weight is 365 g/mol. The maximum Gasteiger partial charge on any atom is 0.0126 e. The van der Waals surface area contributed by atoms with Gasteiger partial charge in [-0.2, -0.15) is 0 Å². The van der Waals surface area contributed by atoms with Crippen molar-refractivity contribution in [1.29, 1.82) is 0 Å². The van der Waals surface area contributed by atoms with Gasteiger partial charge in [-0.25, -0.2) is 0 Å². The molecule has 2 aliphatic carbocycles. The van der Waals surface area contributed by atoms with E-state index < -0.39 is 0 Å². The van der Waals surface area contributed by atoms with Crippen molar-refractivity contribution in [3.05, 3.63) is 0 Å². The van der Waals surface area contributed by atoms with Crippen LogP contribution in [0.5, 0.6) is 0 Å². The molecule has 0 aromatic heterocycles. The highest BCUT2D eigenvalue weighted by Gasteiger charge is 2.37. The van der Waals surface area contributed by atoms with Crippen LogP contribution >= 0.6 is 0 Å². The van der Waals surface area contributed by atoms with Crippen LogP contribution in [0.3, 0.4) is 0 Å². The molecule has 26 heavy (non-hydrogen) atoms. The summed E-state index contributed by atoms with van der Waals surface area (Å²) in [5.74, 6) is 3.64. The Hall–Kier alpha value is -0.0800. The highest BCUT2D eigenvalue weighted by molar-refractivity contribution is 4.91. The molecule has 0 heterocycles. The van der Waals surface area contributed by atoms with E-state index in [0.29, 0.717) is 6.04 Å². The van der Waals surface area contributed by atoms with Gasteiger partial charge in [0.05, 0.1) is 0 Å². The summed E-state index contributed by atoms with van der Waals surface area (Å²) in [6.45, 7) is 14.5. The second-order valence-corrected chi connectivity index (χ2v) is 10.6. The zero-order valence-corrected chi connectivity index (χ0v) is 19.2. The lowest BCUT2D eigenvalue weighted by molar-refractivity contribution is 0.124. The van der Waals surface area contributed by atoms with Crippen molar-refractivity contribution < 1.29 is 0 Å². The highest BCUT2D eigenvalue weighted by atomic mass is 15.2. The van der Waals surface area contributed by atoms with Gasteiger partial charge in [0.1, 0.15) is 0 Å². The summed E-state index contributed by atoms with van der Waals surface area (Å²) in [4.78, 5) is 5.39. The SMILES string of the molecule is CC(C)CC(C1CC1)N(C)C(C)CCC(C)C[C@H](C1CC1)N(C)C(C)C. The molecule has 2 aliphatic rings.